The van der Waals surface area contributed by atoms with Crippen molar-refractivity contribution < 1.29 is 5.11 Å². The largest absolute Gasteiger partial charge is 0.389 e. The van der Waals surface area contributed by atoms with Crippen molar-refractivity contribution in [1.82, 2.24) is 15.1 Å². The number of nitrogens with one attached hydrogen (secondary N) is 1. The van der Waals surface area contributed by atoms with Gasteiger partial charge >= 0.3 is 0 Å². The fourth-order valence-electron chi connectivity index (χ4n) is 2.13. The number of rotatable bonds is 7. The summed E-state index contributed by atoms with van der Waals surface area (Å²) in [6.07, 6.45) is 1.65. The highest BCUT2D eigenvalue weighted by Gasteiger charge is 2.21. The number of hydrogen-bond acceptors (Lipinski definition) is 4. The third-order valence-electron chi connectivity index (χ3n) is 3.97. The van der Waals surface area contributed by atoms with Crippen LogP contribution in [0.5, 0.6) is 0 Å². The van der Waals surface area contributed by atoms with Crippen molar-refractivity contribution in [2.45, 2.75) is 32.3 Å². The van der Waals surface area contributed by atoms with Crippen LogP contribution in [0.3, 0.4) is 0 Å². The Morgan fingerprint density at radius 2 is 1.71 bits per heavy atom. The van der Waals surface area contributed by atoms with Gasteiger partial charge in [-0.3, -0.25) is 4.90 Å². The van der Waals surface area contributed by atoms with Crippen LogP contribution in [-0.4, -0.2) is 73.4 Å². The first-order valence-corrected chi connectivity index (χ1v) is 6.93. The molecule has 1 aliphatic heterocycles. The molecule has 0 aromatic heterocycles. The third-order valence-corrected chi connectivity index (χ3v) is 3.97. The van der Waals surface area contributed by atoms with E-state index in [4.69, 9.17) is 0 Å². The highest BCUT2D eigenvalue weighted by Crippen LogP contribution is 2.12. The molecule has 0 aliphatic carbocycles. The third kappa shape index (κ3) is 5.34. The molecule has 1 rings (SSSR count). The van der Waals surface area contributed by atoms with E-state index >= 15 is 0 Å². The minimum absolute atomic E-state index is 0.512. The highest BCUT2D eigenvalue weighted by atomic mass is 16.3. The second-order valence-electron chi connectivity index (χ2n) is 5.25. The molecule has 1 aliphatic rings. The monoisotopic (exact) mass is 243 g/mol. The zero-order chi connectivity index (χ0) is 12.7. The Kier molecular flexibility index (Phi) is 6.41. The Morgan fingerprint density at radius 1 is 1.12 bits per heavy atom. The van der Waals surface area contributed by atoms with Crippen molar-refractivity contribution in [2.24, 2.45) is 0 Å². The van der Waals surface area contributed by atoms with E-state index in [9.17, 15) is 5.11 Å². The maximum Gasteiger partial charge on any atom is 0.0766 e. The fourth-order valence-corrected chi connectivity index (χ4v) is 2.13. The van der Waals surface area contributed by atoms with Crippen molar-refractivity contribution in [3.05, 3.63) is 0 Å². The molecule has 0 atom stereocenters. The molecular formula is C13H29N3O. The highest BCUT2D eigenvalue weighted by molar-refractivity contribution is 4.78. The average Bonchev–Trinajstić information content (AvgIpc) is 2.36. The van der Waals surface area contributed by atoms with E-state index in [1.54, 1.807) is 0 Å². The number of nitrogens with zero attached hydrogens (tertiary/aromatic N) is 2. The Balaban J connectivity index is 2.08. The number of piperazine rings is 1. The number of aliphatic hydroxyl groups is 1. The van der Waals surface area contributed by atoms with Gasteiger partial charge in [0.15, 0.2) is 0 Å². The van der Waals surface area contributed by atoms with Gasteiger partial charge in [-0.2, -0.15) is 0 Å². The van der Waals surface area contributed by atoms with Gasteiger partial charge in [-0.1, -0.05) is 13.8 Å². The summed E-state index contributed by atoms with van der Waals surface area (Å²) in [5, 5.41) is 13.5. The minimum Gasteiger partial charge on any atom is -0.389 e. The van der Waals surface area contributed by atoms with Gasteiger partial charge in [-0.05, 0) is 19.9 Å². The molecule has 0 amide bonds. The van der Waals surface area contributed by atoms with Gasteiger partial charge in [0, 0.05) is 45.8 Å². The Hall–Kier alpha value is -0.160. The molecule has 102 valence electrons. The zero-order valence-electron chi connectivity index (χ0n) is 11.7. The van der Waals surface area contributed by atoms with Gasteiger partial charge in [0.05, 0.1) is 5.60 Å². The van der Waals surface area contributed by atoms with Crippen LogP contribution < -0.4 is 5.32 Å². The lowest BCUT2D eigenvalue weighted by atomic mass is 9.98. The Morgan fingerprint density at radius 3 is 2.24 bits per heavy atom. The molecule has 4 heteroatoms. The maximum absolute atomic E-state index is 10.1. The SMILES string of the molecule is CCC(O)(CC)CNCCN1CCN(C)CC1. The van der Waals surface area contributed by atoms with Gasteiger partial charge < -0.3 is 15.3 Å². The quantitative estimate of drug-likeness (QED) is 0.634. The van der Waals surface area contributed by atoms with Gasteiger partial charge in [0.25, 0.3) is 0 Å². The van der Waals surface area contributed by atoms with E-state index in [1.807, 2.05) is 13.8 Å². The maximum atomic E-state index is 10.1. The van der Waals surface area contributed by atoms with Crippen LogP contribution in [-0.2, 0) is 0 Å². The molecule has 1 saturated heterocycles. The molecule has 1 heterocycles. The molecule has 0 saturated carbocycles. The molecule has 4 nitrogen and oxygen atoms in total. The predicted octanol–water partition coefficient (Wildman–Crippen LogP) is 0.375. The van der Waals surface area contributed by atoms with E-state index in [0.29, 0.717) is 6.54 Å². The average molecular weight is 243 g/mol. The number of likely N-dealkylation sites (N-methyl/N-ethyl adjacent to an activating group) is 1. The molecule has 1 fully saturated rings. The lowest BCUT2D eigenvalue weighted by molar-refractivity contribution is 0.0318. The summed E-state index contributed by atoms with van der Waals surface area (Å²) in [6, 6.07) is 0. The second kappa shape index (κ2) is 7.31. The summed E-state index contributed by atoms with van der Waals surface area (Å²) < 4.78 is 0. The van der Waals surface area contributed by atoms with Gasteiger partial charge in [-0.25, -0.2) is 0 Å². The zero-order valence-corrected chi connectivity index (χ0v) is 11.7. The Labute approximate surface area is 106 Å². The van der Waals surface area contributed by atoms with Crippen LogP contribution in [0.4, 0.5) is 0 Å². The molecule has 0 aromatic rings. The van der Waals surface area contributed by atoms with E-state index in [2.05, 4.69) is 22.2 Å². The first-order valence-electron chi connectivity index (χ1n) is 6.93. The van der Waals surface area contributed by atoms with Gasteiger partial charge in [-0.15, -0.1) is 0 Å². The lowest BCUT2D eigenvalue weighted by Crippen LogP contribution is -2.48. The topological polar surface area (TPSA) is 38.7 Å². The van der Waals surface area contributed by atoms with E-state index in [-0.39, 0.29) is 0 Å². The summed E-state index contributed by atoms with van der Waals surface area (Å²) in [5.41, 5.74) is -0.512. The molecule has 0 radical (unpaired) electrons. The second-order valence-corrected chi connectivity index (χ2v) is 5.25. The van der Waals surface area contributed by atoms with E-state index in [0.717, 1.165) is 25.9 Å². The van der Waals surface area contributed by atoms with Crippen molar-refractivity contribution >= 4 is 0 Å². The molecule has 2 N–H and O–H groups in total. The summed E-state index contributed by atoms with van der Waals surface area (Å²) in [7, 11) is 2.18. The standard InChI is InChI=1S/C13H29N3O/c1-4-13(17,5-2)12-14-6-7-16-10-8-15(3)9-11-16/h14,17H,4-12H2,1-3H3. The van der Waals surface area contributed by atoms with Crippen molar-refractivity contribution in [3.63, 3.8) is 0 Å². The Bertz CT molecular complexity index is 199. The van der Waals surface area contributed by atoms with Crippen LogP contribution in [0.15, 0.2) is 0 Å². The molecule has 0 unspecified atom stereocenters. The molecule has 0 bridgehead atoms. The summed E-state index contributed by atoms with van der Waals surface area (Å²) in [6.45, 7) is 11.6. The van der Waals surface area contributed by atoms with Crippen molar-refractivity contribution in [1.29, 1.82) is 0 Å². The lowest BCUT2D eigenvalue weighted by Gasteiger charge is -2.32. The first kappa shape index (κ1) is 14.9. The summed E-state index contributed by atoms with van der Waals surface area (Å²) >= 11 is 0. The normalized spacial score (nSPS) is 19.8. The van der Waals surface area contributed by atoms with Crippen LogP contribution in [0.2, 0.25) is 0 Å². The molecule has 17 heavy (non-hydrogen) atoms. The molecule has 0 spiro atoms. The van der Waals surface area contributed by atoms with Crippen molar-refractivity contribution in [3.8, 4) is 0 Å². The minimum atomic E-state index is -0.512. The van der Waals surface area contributed by atoms with E-state index in [1.165, 1.54) is 26.2 Å². The summed E-state index contributed by atoms with van der Waals surface area (Å²) in [5.74, 6) is 0. The van der Waals surface area contributed by atoms with Gasteiger partial charge in [0.2, 0.25) is 0 Å². The van der Waals surface area contributed by atoms with Crippen LogP contribution in [0.1, 0.15) is 26.7 Å². The predicted molar refractivity (Wildman–Crippen MR) is 72.3 cm³/mol. The summed E-state index contributed by atoms with van der Waals surface area (Å²) in [4.78, 5) is 4.86. The smallest absolute Gasteiger partial charge is 0.0766 e. The van der Waals surface area contributed by atoms with Crippen molar-refractivity contribution in [2.75, 3.05) is 52.9 Å². The first-order chi connectivity index (χ1) is 8.09. The molecule has 0 aromatic carbocycles. The van der Waals surface area contributed by atoms with Gasteiger partial charge in [0.1, 0.15) is 0 Å². The van der Waals surface area contributed by atoms with E-state index < -0.39 is 5.60 Å². The van der Waals surface area contributed by atoms with Crippen LogP contribution >= 0.6 is 0 Å². The van der Waals surface area contributed by atoms with Crippen LogP contribution in [0.25, 0.3) is 0 Å². The number of hydrogen-bond donors (Lipinski definition) is 2. The van der Waals surface area contributed by atoms with Crippen LogP contribution in [0, 0.1) is 0 Å². The molecular weight excluding hydrogens is 214 g/mol. The fraction of sp³-hybridized carbons (Fsp3) is 1.00.